The van der Waals surface area contributed by atoms with E-state index in [2.05, 4.69) is 16.5 Å². The predicted molar refractivity (Wildman–Crippen MR) is 135 cm³/mol. The molecule has 2 fully saturated rings. The number of carboxylic acids is 1. The predicted octanol–water partition coefficient (Wildman–Crippen LogP) is 5.82. The van der Waals surface area contributed by atoms with Crippen molar-refractivity contribution >= 4 is 40.0 Å². The second kappa shape index (κ2) is 8.73. The maximum atomic E-state index is 14.9. The summed E-state index contributed by atoms with van der Waals surface area (Å²) in [5.74, 6) is -1.43. The van der Waals surface area contributed by atoms with Gasteiger partial charge in [0.15, 0.2) is 0 Å². The van der Waals surface area contributed by atoms with Crippen molar-refractivity contribution in [3.05, 3.63) is 70.1 Å². The van der Waals surface area contributed by atoms with Gasteiger partial charge in [0, 0.05) is 17.0 Å². The molecule has 1 heterocycles. The molecule has 0 saturated heterocycles. The molecule has 6 rings (SSSR count). The molecule has 6 nitrogen and oxygen atoms in total. The fourth-order valence-electron chi connectivity index (χ4n) is 6.32. The van der Waals surface area contributed by atoms with Gasteiger partial charge in [-0.25, -0.2) is 4.39 Å². The third kappa shape index (κ3) is 3.99. The molecule has 1 spiro atoms. The van der Waals surface area contributed by atoms with Gasteiger partial charge >= 0.3 is 5.97 Å². The van der Waals surface area contributed by atoms with Crippen molar-refractivity contribution in [2.75, 3.05) is 0 Å². The second-order valence-electron chi connectivity index (χ2n) is 10.6. The van der Waals surface area contributed by atoms with Crippen LogP contribution in [0.15, 0.2) is 42.6 Å². The number of nitrogens with zero attached hydrogens (tertiary/aromatic N) is 2. The number of halogens is 2. The van der Waals surface area contributed by atoms with Crippen molar-refractivity contribution in [2.45, 2.75) is 57.5 Å². The van der Waals surface area contributed by atoms with Crippen LogP contribution in [0.2, 0.25) is 5.02 Å². The van der Waals surface area contributed by atoms with Crippen LogP contribution in [-0.2, 0) is 11.3 Å². The molecule has 0 unspecified atom stereocenters. The number of nitrogens with one attached hydrogen (secondary N) is 1. The maximum Gasteiger partial charge on any atom is 0.306 e. The fraction of sp³-hybridized carbons (Fsp3) is 0.393. The van der Waals surface area contributed by atoms with Crippen LogP contribution in [0.5, 0.6) is 0 Å². The minimum absolute atomic E-state index is 0.0286. The Morgan fingerprint density at radius 1 is 1.19 bits per heavy atom. The standard InChI is InChI=1S/C28H27ClFN3O3/c29-23-8-7-21(26(34)32-19-12-28(13-19)10-18(11-28)27(35)36)25-22(23)14-31-33(25)15-16-5-6-20(24(30)9-16)17-3-1-2-4-17/h3,5-9,14,18-19H,1-2,4,10-13,15H2,(H,32,34)(H,35,36). The lowest BCUT2D eigenvalue weighted by Gasteiger charge is -2.56. The van der Waals surface area contributed by atoms with Gasteiger partial charge in [-0.15, -0.1) is 0 Å². The summed E-state index contributed by atoms with van der Waals surface area (Å²) in [5.41, 5.74) is 3.63. The summed E-state index contributed by atoms with van der Waals surface area (Å²) < 4.78 is 16.6. The molecule has 2 aromatic carbocycles. The Morgan fingerprint density at radius 2 is 2.00 bits per heavy atom. The topological polar surface area (TPSA) is 84.2 Å². The number of hydrogen-bond acceptors (Lipinski definition) is 3. The number of carbonyl (C=O) groups is 2. The van der Waals surface area contributed by atoms with E-state index in [0.717, 1.165) is 43.2 Å². The van der Waals surface area contributed by atoms with Crippen LogP contribution < -0.4 is 5.32 Å². The molecular formula is C28H27ClFN3O3. The number of carboxylic acid groups (broad SMARTS) is 1. The van der Waals surface area contributed by atoms with Gasteiger partial charge in [0.05, 0.1) is 34.8 Å². The van der Waals surface area contributed by atoms with Crippen molar-refractivity contribution in [2.24, 2.45) is 11.3 Å². The molecule has 186 valence electrons. The number of amides is 1. The fourth-order valence-corrected chi connectivity index (χ4v) is 6.52. The second-order valence-corrected chi connectivity index (χ2v) is 11.0. The Balaban J connectivity index is 1.21. The zero-order valence-corrected chi connectivity index (χ0v) is 20.5. The maximum absolute atomic E-state index is 14.9. The first-order chi connectivity index (χ1) is 17.3. The molecule has 3 aliphatic carbocycles. The number of carbonyl (C=O) groups excluding carboxylic acids is 1. The van der Waals surface area contributed by atoms with Gasteiger partial charge in [0.1, 0.15) is 5.82 Å². The van der Waals surface area contributed by atoms with Gasteiger partial charge in [-0.3, -0.25) is 14.3 Å². The van der Waals surface area contributed by atoms with E-state index in [1.807, 2.05) is 12.1 Å². The van der Waals surface area contributed by atoms with Crippen molar-refractivity contribution in [3.8, 4) is 0 Å². The van der Waals surface area contributed by atoms with E-state index in [9.17, 15) is 14.0 Å². The Hall–Kier alpha value is -3.19. The normalized spacial score (nSPS) is 24.9. The van der Waals surface area contributed by atoms with E-state index < -0.39 is 5.97 Å². The van der Waals surface area contributed by atoms with E-state index in [1.165, 1.54) is 0 Å². The monoisotopic (exact) mass is 507 g/mol. The molecule has 2 N–H and O–H groups in total. The molecule has 8 heteroatoms. The summed E-state index contributed by atoms with van der Waals surface area (Å²) in [7, 11) is 0. The van der Waals surface area contributed by atoms with E-state index >= 15 is 0 Å². The van der Waals surface area contributed by atoms with Crippen molar-refractivity contribution in [1.29, 1.82) is 0 Å². The molecule has 0 atom stereocenters. The van der Waals surface area contributed by atoms with Crippen LogP contribution in [0.1, 0.15) is 66.4 Å². The van der Waals surface area contributed by atoms with Crippen molar-refractivity contribution in [3.63, 3.8) is 0 Å². The number of rotatable bonds is 6. The highest BCUT2D eigenvalue weighted by molar-refractivity contribution is 6.36. The molecule has 0 bridgehead atoms. The lowest BCUT2D eigenvalue weighted by molar-refractivity contribution is -0.155. The van der Waals surface area contributed by atoms with Crippen molar-refractivity contribution in [1.82, 2.24) is 15.1 Å². The summed E-state index contributed by atoms with van der Waals surface area (Å²) in [4.78, 5) is 24.4. The zero-order valence-electron chi connectivity index (χ0n) is 19.8. The summed E-state index contributed by atoms with van der Waals surface area (Å²) in [5, 5.41) is 17.9. The Morgan fingerprint density at radius 3 is 2.69 bits per heavy atom. The SMILES string of the molecule is O=C(NC1CC2(C1)CC(C(=O)O)C2)c1ccc(Cl)c2cnn(Cc3ccc(C4=CCCC4)c(F)c3)c12. The summed E-state index contributed by atoms with van der Waals surface area (Å²) >= 11 is 6.42. The Bertz CT molecular complexity index is 1410. The summed E-state index contributed by atoms with van der Waals surface area (Å²) in [6.07, 6.45) is 9.70. The third-order valence-electron chi connectivity index (χ3n) is 8.15. The highest BCUT2D eigenvalue weighted by Crippen LogP contribution is 2.58. The number of fused-ring (bicyclic) bond motifs is 1. The van der Waals surface area contributed by atoms with Crippen molar-refractivity contribution < 1.29 is 19.1 Å². The molecule has 1 amide bonds. The number of hydrogen-bond donors (Lipinski definition) is 2. The highest BCUT2D eigenvalue weighted by Gasteiger charge is 2.55. The van der Waals surface area contributed by atoms with Gasteiger partial charge in [-0.1, -0.05) is 29.8 Å². The van der Waals surface area contributed by atoms with E-state index in [1.54, 1.807) is 29.1 Å². The van der Waals surface area contributed by atoms with E-state index in [4.69, 9.17) is 16.7 Å². The molecule has 1 aromatic heterocycles. The smallest absolute Gasteiger partial charge is 0.306 e. The van der Waals surface area contributed by atoms with Crippen LogP contribution in [0.4, 0.5) is 4.39 Å². The lowest BCUT2D eigenvalue weighted by atomic mass is 9.50. The molecule has 36 heavy (non-hydrogen) atoms. The molecule has 2 saturated carbocycles. The first-order valence-electron chi connectivity index (χ1n) is 12.5. The Labute approximate surface area is 213 Å². The van der Waals surface area contributed by atoms with E-state index in [0.29, 0.717) is 46.4 Å². The Kier molecular flexibility index (Phi) is 5.63. The summed E-state index contributed by atoms with van der Waals surface area (Å²) in [6, 6.07) is 8.71. The highest BCUT2D eigenvalue weighted by atomic mass is 35.5. The van der Waals surface area contributed by atoms with Gasteiger partial charge in [0.25, 0.3) is 5.91 Å². The number of allylic oxidation sites excluding steroid dienone is 2. The van der Waals surface area contributed by atoms with Gasteiger partial charge in [-0.05, 0) is 79.7 Å². The van der Waals surface area contributed by atoms with Crippen LogP contribution >= 0.6 is 11.6 Å². The van der Waals surface area contributed by atoms with Crippen LogP contribution in [0.25, 0.3) is 16.5 Å². The van der Waals surface area contributed by atoms with Gasteiger partial charge < -0.3 is 10.4 Å². The first kappa shape index (κ1) is 23.2. The minimum Gasteiger partial charge on any atom is -0.481 e. The third-order valence-corrected chi connectivity index (χ3v) is 8.48. The average molecular weight is 508 g/mol. The number of aromatic nitrogens is 2. The zero-order chi connectivity index (χ0) is 25.0. The first-order valence-corrected chi connectivity index (χ1v) is 12.9. The average Bonchev–Trinajstić information content (AvgIpc) is 3.46. The lowest BCUT2D eigenvalue weighted by Crippen LogP contribution is -2.57. The number of benzene rings is 2. The largest absolute Gasteiger partial charge is 0.481 e. The molecular weight excluding hydrogens is 481 g/mol. The molecule has 0 aliphatic heterocycles. The van der Waals surface area contributed by atoms with Crippen LogP contribution in [-0.4, -0.2) is 32.8 Å². The molecule has 3 aliphatic rings. The number of aliphatic carboxylic acids is 1. The van der Waals surface area contributed by atoms with Gasteiger partial charge in [0.2, 0.25) is 0 Å². The van der Waals surface area contributed by atoms with E-state index in [-0.39, 0.29) is 29.1 Å². The van der Waals surface area contributed by atoms with Crippen LogP contribution in [0.3, 0.4) is 0 Å². The quantitative estimate of drug-likeness (QED) is 0.440. The van der Waals surface area contributed by atoms with Crippen LogP contribution in [0, 0.1) is 17.2 Å². The molecule has 3 aromatic rings. The minimum atomic E-state index is -0.727. The summed E-state index contributed by atoms with van der Waals surface area (Å²) in [6.45, 7) is 0.309. The van der Waals surface area contributed by atoms with Gasteiger partial charge in [-0.2, -0.15) is 5.10 Å². The molecule has 0 radical (unpaired) electrons.